The van der Waals surface area contributed by atoms with Crippen molar-refractivity contribution in [2.75, 3.05) is 19.9 Å². The molecule has 2 heterocycles. The van der Waals surface area contributed by atoms with Crippen LogP contribution in [0.4, 0.5) is 0 Å². The molecule has 2 aliphatic rings. The molecule has 1 fully saturated rings. The van der Waals surface area contributed by atoms with Crippen molar-refractivity contribution < 1.29 is 32.5 Å². The molecular formula is C22H26N2O7S. The molecule has 2 aliphatic heterocycles. The highest BCUT2D eigenvalue weighted by Crippen LogP contribution is 2.32. The standard InChI is InChI=1S/C22H26N2O7S/c25-13-21-18(24-32(27,28)17-4-2-1-3-5-17)8-7-16(31-21)10-11-23-22(26)15-6-9-19-20(12-15)30-14-29-19/h1-6,9,12,16,18,21,24-25H,7-8,10-11,13-14H2,(H,23,26)/t16-,18-,21+/m0/s1. The highest BCUT2D eigenvalue weighted by Gasteiger charge is 2.33. The zero-order valence-electron chi connectivity index (χ0n) is 17.4. The summed E-state index contributed by atoms with van der Waals surface area (Å²) in [6.07, 6.45) is 0.833. The molecule has 0 unspecified atom stereocenters. The van der Waals surface area contributed by atoms with E-state index in [0.717, 1.165) is 0 Å². The quantitative estimate of drug-likeness (QED) is 0.542. The number of amides is 1. The van der Waals surface area contributed by atoms with E-state index in [0.29, 0.717) is 42.9 Å². The van der Waals surface area contributed by atoms with Gasteiger partial charge in [0.05, 0.1) is 29.8 Å². The lowest BCUT2D eigenvalue weighted by atomic mass is 9.98. The van der Waals surface area contributed by atoms with E-state index in [1.165, 1.54) is 12.1 Å². The molecule has 32 heavy (non-hydrogen) atoms. The lowest BCUT2D eigenvalue weighted by Crippen LogP contribution is -2.51. The summed E-state index contributed by atoms with van der Waals surface area (Å²) in [5.74, 6) is 0.930. The summed E-state index contributed by atoms with van der Waals surface area (Å²) in [5.41, 5.74) is 0.474. The van der Waals surface area contributed by atoms with Crippen LogP contribution in [0.25, 0.3) is 0 Å². The van der Waals surface area contributed by atoms with Crippen LogP contribution in [0.1, 0.15) is 29.6 Å². The summed E-state index contributed by atoms with van der Waals surface area (Å²) in [4.78, 5) is 12.6. The fraction of sp³-hybridized carbons (Fsp3) is 0.409. The molecule has 10 heteroatoms. The van der Waals surface area contributed by atoms with E-state index in [2.05, 4.69) is 10.0 Å². The number of carbonyl (C=O) groups excluding carboxylic acids is 1. The Bertz CT molecular complexity index is 1050. The fourth-order valence-corrected chi connectivity index (χ4v) is 5.15. The summed E-state index contributed by atoms with van der Waals surface area (Å²) in [7, 11) is -3.70. The number of sulfonamides is 1. The number of ether oxygens (including phenoxy) is 3. The van der Waals surface area contributed by atoms with Gasteiger partial charge in [-0.2, -0.15) is 0 Å². The Morgan fingerprint density at radius 2 is 1.84 bits per heavy atom. The molecular weight excluding hydrogens is 436 g/mol. The first-order valence-electron chi connectivity index (χ1n) is 10.5. The van der Waals surface area contributed by atoms with Gasteiger partial charge in [-0.15, -0.1) is 0 Å². The summed E-state index contributed by atoms with van der Waals surface area (Å²) in [5, 5.41) is 12.6. The van der Waals surface area contributed by atoms with Crippen LogP contribution in [0.2, 0.25) is 0 Å². The largest absolute Gasteiger partial charge is 0.454 e. The second-order valence-corrected chi connectivity index (χ2v) is 9.42. The minimum atomic E-state index is -3.70. The molecule has 2 aromatic rings. The van der Waals surface area contributed by atoms with Gasteiger partial charge in [-0.25, -0.2) is 13.1 Å². The molecule has 3 N–H and O–H groups in total. The molecule has 172 valence electrons. The number of aliphatic hydroxyl groups is 1. The molecule has 2 aromatic carbocycles. The van der Waals surface area contributed by atoms with E-state index in [-0.39, 0.29) is 30.3 Å². The van der Waals surface area contributed by atoms with Crippen LogP contribution in [-0.2, 0) is 14.8 Å². The van der Waals surface area contributed by atoms with Gasteiger partial charge in [0.15, 0.2) is 11.5 Å². The third-order valence-electron chi connectivity index (χ3n) is 5.54. The van der Waals surface area contributed by atoms with E-state index in [1.54, 1.807) is 36.4 Å². The average molecular weight is 463 g/mol. The first-order chi connectivity index (χ1) is 15.5. The Kier molecular flexibility index (Phi) is 6.95. The van der Waals surface area contributed by atoms with Crippen LogP contribution in [0.3, 0.4) is 0 Å². The van der Waals surface area contributed by atoms with E-state index < -0.39 is 22.2 Å². The lowest BCUT2D eigenvalue weighted by Gasteiger charge is -2.36. The predicted molar refractivity (Wildman–Crippen MR) is 115 cm³/mol. The van der Waals surface area contributed by atoms with Gasteiger partial charge in [-0.3, -0.25) is 4.79 Å². The zero-order valence-corrected chi connectivity index (χ0v) is 18.2. The van der Waals surface area contributed by atoms with Gasteiger partial charge in [0.1, 0.15) is 0 Å². The van der Waals surface area contributed by atoms with Gasteiger partial charge in [0.25, 0.3) is 5.91 Å². The second kappa shape index (κ2) is 9.86. The molecule has 0 bridgehead atoms. The Labute approximate surface area is 186 Å². The third-order valence-corrected chi connectivity index (χ3v) is 7.05. The third kappa shape index (κ3) is 5.21. The van der Waals surface area contributed by atoms with E-state index >= 15 is 0 Å². The van der Waals surface area contributed by atoms with Gasteiger partial charge in [0.2, 0.25) is 16.8 Å². The van der Waals surface area contributed by atoms with Crippen LogP contribution in [0.5, 0.6) is 11.5 Å². The monoisotopic (exact) mass is 462 g/mol. The Hall–Kier alpha value is -2.66. The number of hydrogen-bond donors (Lipinski definition) is 3. The molecule has 4 rings (SSSR count). The van der Waals surface area contributed by atoms with Crippen molar-refractivity contribution in [3.8, 4) is 11.5 Å². The Morgan fingerprint density at radius 1 is 1.06 bits per heavy atom. The molecule has 1 amide bonds. The second-order valence-electron chi connectivity index (χ2n) is 7.71. The van der Waals surface area contributed by atoms with Crippen molar-refractivity contribution in [3.05, 3.63) is 54.1 Å². The van der Waals surface area contributed by atoms with Crippen LogP contribution in [0.15, 0.2) is 53.4 Å². The molecule has 0 saturated carbocycles. The van der Waals surface area contributed by atoms with Crippen LogP contribution < -0.4 is 19.5 Å². The number of aliphatic hydroxyl groups excluding tert-OH is 1. The average Bonchev–Trinajstić information content (AvgIpc) is 3.28. The zero-order chi connectivity index (χ0) is 22.6. The first kappa shape index (κ1) is 22.5. The summed E-state index contributed by atoms with van der Waals surface area (Å²) < 4.78 is 44.3. The van der Waals surface area contributed by atoms with Crippen molar-refractivity contribution >= 4 is 15.9 Å². The maximum Gasteiger partial charge on any atom is 0.251 e. The number of hydrogen-bond acceptors (Lipinski definition) is 7. The highest BCUT2D eigenvalue weighted by atomic mass is 32.2. The van der Waals surface area contributed by atoms with Crippen molar-refractivity contribution in [3.63, 3.8) is 0 Å². The topological polar surface area (TPSA) is 123 Å². The number of fused-ring (bicyclic) bond motifs is 1. The number of nitrogens with one attached hydrogen (secondary N) is 2. The SMILES string of the molecule is O=C(NCC[C@@H]1CC[C@H](NS(=O)(=O)c2ccccc2)[C@@H](CO)O1)c1ccc2c(c1)OCO2. The van der Waals surface area contributed by atoms with Crippen LogP contribution >= 0.6 is 0 Å². The maximum absolute atomic E-state index is 12.6. The van der Waals surface area contributed by atoms with Crippen LogP contribution in [-0.4, -0.2) is 57.6 Å². The summed E-state index contributed by atoms with van der Waals surface area (Å²) in [6, 6.07) is 12.6. The Balaban J connectivity index is 1.26. The molecule has 0 radical (unpaired) electrons. The summed E-state index contributed by atoms with van der Waals surface area (Å²) in [6.45, 7) is 0.229. The number of carbonyl (C=O) groups is 1. The van der Waals surface area contributed by atoms with Gasteiger partial charge < -0.3 is 24.6 Å². The minimum Gasteiger partial charge on any atom is -0.454 e. The van der Waals surface area contributed by atoms with Crippen molar-refractivity contribution in [1.82, 2.24) is 10.0 Å². The molecule has 9 nitrogen and oxygen atoms in total. The predicted octanol–water partition coefficient (Wildman–Crippen LogP) is 1.42. The van der Waals surface area contributed by atoms with Crippen molar-refractivity contribution in [2.24, 2.45) is 0 Å². The molecule has 0 aromatic heterocycles. The van der Waals surface area contributed by atoms with Crippen molar-refractivity contribution in [1.29, 1.82) is 0 Å². The smallest absolute Gasteiger partial charge is 0.251 e. The molecule has 0 aliphatic carbocycles. The van der Waals surface area contributed by atoms with Gasteiger partial charge in [-0.1, -0.05) is 18.2 Å². The van der Waals surface area contributed by atoms with E-state index in [4.69, 9.17) is 14.2 Å². The van der Waals surface area contributed by atoms with Crippen molar-refractivity contribution in [2.45, 2.75) is 42.4 Å². The molecule has 1 saturated heterocycles. The van der Waals surface area contributed by atoms with E-state index in [9.17, 15) is 18.3 Å². The Morgan fingerprint density at radius 3 is 2.62 bits per heavy atom. The normalized spacial score (nSPS) is 22.5. The van der Waals surface area contributed by atoms with Gasteiger partial charge in [-0.05, 0) is 49.6 Å². The van der Waals surface area contributed by atoms with Gasteiger partial charge in [0, 0.05) is 12.1 Å². The lowest BCUT2D eigenvalue weighted by molar-refractivity contribution is -0.0871. The van der Waals surface area contributed by atoms with E-state index in [1.807, 2.05) is 0 Å². The maximum atomic E-state index is 12.6. The minimum absolute atomic E-state index is 0.147. The van der Waals surface area contributed by atoms with Gasteiger partial charge >= 0.3 is 0 Å². The number of benzene rings is 2. The van der Waals surface area contributed by atoms with Crippen LogP contribution in [0, 0.1) is 0 Å². The molecule has 0 spiro atoms. The fourth-order valence-electron chi connectivity index (χ4n) is 3.83. The highest BCUT2D eigenvalue weighted by molar-refractivity contribution is 7.89. The first-order valence-corrected chi connectivity index (χ1v) is 12.0. The summed E-state index contributed by atoms with van der Waals surface area (Å²) >= 11 is 0. The molecule has 3 atom stereocenters. The number of rotatable bonds is 8.